The Bertz CT molecular complexity index is 235. The normalized spacial score (nSPS) is 29.3. The van der Waals surface area contributed by atoms with Gasteiger partial charge in [0.15, 0.2) is 0 Å². The third kappa shape index (κ3) is 3.69. The van der Waals surface area contributed by atoms with Crippen LogP contribution in [0.1, 0.15) is 65.7 Å². The Morgan fingerprint density at radius 1 is 1.24 bits per heavy atom. The van der Waals surface area contributed by atoms with Crippen molar-refractivity contribution >= 4 is 0 Å². The predicted octanol–water partition coefficient (Wildman–Crippen LogP) is 3.50. The summed E-state index contributed by atoms with van der Waals surface area (Å²) < 4.78 is 5.97. The molecule has 0 aromatic heterocycles. The number of rotatable bonds is 5. The summed E-state index contributed by atoms with van der Waals surface area (Å²) in [7, 11) is 0. The first-order chi connectivity index (χ1) is 8.10. The molecule has 17 heavy (non-hydrogen) atoms. The van der Waals surface area contributed by atoms with Crippen LogP contribution < -0.4 is 5.32 Å². The van der Waals surface area contributed by atoms with Crippen molar-refractivity contribution in [1.82, 2.24) is 5.32 Å². The molecular weight excluding hydrogens is 210 g/mol. The summed E-state index contributed by atoms with van der Waals surface area (Å²) in [6.07, 6.45) is 9.06. The molecule has 2 aliphatic rings. The quantitative estimate of drug-likeness (QED) is 0.793. The Labute approximate surface area is 107 Å². The zero-order valence-electron chi connectivity index (χ0n) is 11.8. The molecule has 1 aliphatic carbocycles. The number of hydrogen-bond acceptors (Lipinski definition) is 2. The van der Waals surface area contributed by atoms with Gasteiger partial charge in [0.05, 0.1) is 5.60 Å². The Hall–Kier alpha value is -0.0800. The van der Waals surface area contributed by atoms with Gasteiger partial charge in [-0.3, -0.25) is 0 Å². The van der Waals surface area contributed by atoms with Crippen LogP contribution in [0.4, 0.5) is 0 Å². The maximum atomic E-state index is 5.97. The topological polar surface area (TPSA) is 21.3 Å². The van der Waals surface area contributed by atoms with Crippen LogP contribution in [0.15, 0.2) is 0 Å². The molecule has 1 N–H and O–H groups in total. The van der Waals surface area contributed by atoms with E-state index >= 15 is 0 Å². The molecule has 0 aromatic carbocycles. The monoisotopic (exact) mass is 239 g/mol. The summed E-state index contributed by atoms with van der Waals surface area (Å²) in [4.78, 5) is 0. The molecule has 1 spiro atoms. The highest BCUT2D eigenvalue weighted by atomic mass is 16.5. The second-order valence-electron chi connectivity index (χ2n) is 6.61. The van der Waals surface area contributed by atoms with Gasteiger partial charge in [-0.05, 0) is 57.8 Å². The minimum absolute atomic E-state index is 0.285. The highest BCUT2D eigenvalue weighted by Crippen LogP contribution is 2.42. The standard InChI is InChI=1S/C15H29NO/c1-12(2)5-6-13(3)16-14-7-10-17-15(11-14)8-4-9-15/h12-14,16H,4-11H2,1-3H3. The van der Waals surface area contributed by atoms with Crippen molar-refractivity contribution < 1.29 is 4.74 Å². The first kappa shape index (κ1) is 13.4. The van der Waals surface area contributed by atoms with E-state index in [0.29, 0.717) is 12.1 Å². The van der Waals surface area contributed by atoms with Gasteiger partial charge < -0.3 is 10.1 Å². The van der Waals surface area contributed by atoms with Gasteiger partial charge in [-0.15, -0.1) is 0 Å². The molecule has 1 saturated heterocycles. The molecule has 2 heteroatoms. The lowest BCUT2D eigenvalue weighted by atomic mass is 9.74. The molecule has 0 bridgehead atoms. The van der Waals surface area contributed by atoms with Crippen LogP contribution in [0.25, 0.3) is 0 Å². The first-order valence-corrected chi connectivity index (χ1v) is 7.50. The van der Waals surface area contributed by atoms with Gasteiger partial charge in [-0.2, -0.15) is 0 Å². The molecule has 1 saturated carbocycles. The smallest absolute Gasteiger partial charge is 0.0697 e. The Morgan fingerprint density at radius 3 is 2.59 bits per heavy atom. The maximum absolute atomic E-state index is 5.97. The summed E-state index contributed by atoms with van der Waals surface area (Å²) >= 11 is 0. The third-order valence-corrected chi connectivity index (χ3v) is 4.46. The van der Waals surface area contributed by atoms with Crippen molar-refractivity contribution in [1.29, 1.82) is 0 Å². The highest BCUT2D eigenvalue weighted by molar-refractivity contribution is 4.96. The van der Waals surface area contributed by atoms with Crippen LogP contribution in [0.2, 0.25) is 0 Å². The molecule has 1 aliphatic heterocycles. The summed E-state index contributed by atoms with van der Waals surface area (Å²) in [5, 5.41) is 3.82. The van der Waals surface area contributed by atoms with Gasteiger partial charge in [0.2, 0.25) is 0 Å². The fraction of sp³-hybridized carbons (Fsp3) is 1.00. The van der Waals surface area contributed by atoms with Crippen molar-refractivity contribution in [3.05, 3.63) is 0 Å². The van der Waals surface area contributed by atoms with Gasteiger partial charge in [-0.1, -0.05) is 13.8 Å². The van der Waals surface area contributed by atoms with E-state index in [9.17, 15) is 0 Å². The molecule has 0 aromatic rings. The number of ether oxygens (including phenoxy) is 1. The van der Waals surface area contributed by atoms with Crippen LogP contribution in [0, 0.1) is 5.92 Å². The van der Waals surface area contributed by atoms with Crippen LogP contribution in [0.5, 0.6) is 0 Å². The van der Waals surface area contributed by atoms with Crippen molar-refractivity contribution in [2.75, 3.05) is 6.61 Å². The molecule has 2 rings (SSSR count). The minimum Gasteiger partial charge on any atom is -0.375 e. The fourth-order valence-corrected chi connectivity index (χ4v) is 3.16. The van der Waals surface area contributed by atoms with Crippen LogP contribution in [-0.2, 0) is 4.74 Å². The first-order valence-electron chi connectivity index (χ1n) is 7.50. The van der Waals surface area contributed by atoms with E-state index < -0.39 is 0 Å². The summed E-state index contributed by atoms with van der Waals surface area (Å²) in [5.41, 5.74) is 0.285. The van der Waals surface area contributed by atoms with Crippen LogP contribution in [-0.4, -0.2) is 24.3 Å². The average molecular weight is 239 g/mol. The minimum atomic E-state index is 0.285. The lowest BCUT2D eigenvalue weighted by molar-refractivity contribution is -0.136. The van der Waals surface area contributed by atoms with Gasteiger partial charge in [-0.25, -0.2) is 0 Å². The molecule has 100 valence electrons. The second kappa shape index (κ2) is 5.71. The largest absolute Gasteiger partial charge is 0.375 e. The van der Waals surface area contributed by atoms with E-state index in [4.69, 9.17) is 4.74 Å². The lowest BCUT2D eigenvalue weighted by Gasteiger charge is -2.47. The van der Waals surface area contributed by atoms with Crippen molar-refractivity contribution in [2.45, 2.75) is 83.4 Å². The molecule has 1 heterocycles. The zero-order chi connectivity index (χ0) is 12.3. The van der Waals surface area contributed by atoms with Gasteiger partial charge in [0.1, 0.15) is 0 Å². The van der Waals surface area contributed by atoms with Gasteiger partial charge in [0.25, 0.3) is 0 Å². The summed E-state index contributed by atoms with van der Waals surface area (Å²) in [6.45, 7) is 7.93. The number of hydrogen-bond donors (Lipinski definition) is 1. The highest BCUT2D eigenvalue weighted by Gasteiger charge is 2.42. The van der Waals surface area contributed by atoms with Gasteiger partial charge in [0, 0.05) is 18.7 Å². The molecule has 2 atom stereocenters. The Morgan fingerprint density at radius 2 is 2.00 bits per heavy atom. The van der Waals surface area contributed by atoms with Gasteiger partial charge >= 0.3 is 0 Å². The van der Waals surface area contributed by atoms with E-state index in [-0.39, 0.29) is 5.60 Å². The van der Waals surface area contributed by atoms with Crippen molar-refractivity contribution in [2.24, 2.45) is 5.92 Å². The zero-order valence-corrected chi connectivity index (χ0v) is 11.8. The Balaban J connectivity index is 1.71. The second-order valence-corrected chi connectivity index (χ2v) is 6.61. The summed E-state index contributed by atoms with van der Waals surface area (Å²) in [5.74, 6) is 0.826. The van der Waals surface area contributed by atoms with E-state index in [1.807, 2.05) is 0 Å². The van der Waals surface area contributed by atoms with E-state index in [1.54, 1.807) is 0 Å². The van der Waals surface area contributed by atoms with Crippen molar-refractivity contribution in [3.63, 3.8) is 0 Å². The molecule has 2 unspecified atom stereocenters. The average Bonchev–Trinajstić information content (AvgIpc) is 2.25. The predicted molar refractivity (Wildman–Crippen MR) is 72.2 cm³/mol. The van der Waals surface area contributed by atoms with E-state index in [2.05, 4.69) is 26.1 Å². The van der Waals surface area contributed by atoms with Crippen molar-refractivity contribution in [3.8, 4) is 0 Å². The molecule has 2 fully saturated rings. The summed E-state index contributed by atoms with van der Waals surface area (Å²) in [6, 6.07) is 1.36. The SMILES string of the molecule is CC(C)CCC(C)NC1CCOC2(CCC2)C1. The number of nitrogens with one attached hydrogen (secondary N) is 1. The molecule has 0 amide bonds. The fourth-order valence-electron chi connectivity index (χ4n) is 3.16. The van der Waals surface area contributed by atoms with E-state index in [0.717, 1.165) is 12.5 Å². The molecular formula is C15H29NO. The molecule has 0 radical (unpaired) electrons. The Kier molecular flexibility index (Phi) is 4.48. The lowest BCUT2D eigenvalue weighted by Crippen LogP contribution is -2.52. The van der Waals surface area contributed by atoms with E-state index in [1.165, 1.54) is 44.9 Å². The van der Waals surface area contributed by atoms with Crippen LogP contribution >= 0.6 is 0 Å². The maximum Gasteiger partial charge on any atom is 0.0697 e. The van der Waals surface area contributed by atoms with Crippen LogP contribution in [0.3, 0.4) is 0 Å². The third-order valence-electron chi connectivity index (χ3n) is 4.46. The molecule has 2 nitrogen and oxygen atoms in total.